The van der Waals surface area contributed by atoms with Gasteiger partial charge in [0.25, 0.3) is 5.56 Å². The first-order chi connectivity index (χ1) is 15.1. The lowest BCUT2D eigenvalue weighted by atomic mass is 10.1. The maximum atomic E-state index is 13.5. The molecule has 2 aromatic carbocycles. The lowest BCUT2D eigenvalue weighted by Crippen LogP contribution is -2.19. The number of benzene rings is 2. The van der Waals surface area contributed by atoms with Gasteiger partial charge in [0.1, 0.15) is 11.2 Å². The second-order valence-electron chi connectivity index (χ2n) is 7.79. The third-order valence-electron chi connectivity index (χ3n) is 5.89. The fourth-order valence-electron chi connectivity index (χ4n) is 4.35. The molecule has 8 heteroatoms. The number of hydrogen-bond acceptors (Lipinski definition) is 5. The Kier molecular flexibility index (Phi) is 5.09. The summed E-state index contributed by atoms with van der Waals surface area (Å²) in [7, 11) is 3.20. The molecular formula is C23H23BrN4O3. The molecule has 0 saturated heterocycles. The van der Waals surface area contributed by atoms with Gasteiger partial charge in [-0.2, -0.15) is 0 Å². The second kappa shape index (κ2) is 7.92. The monoisotopic (exact) mass is 482 g/mol. The van der Waals surface area contributed by atoms with E-state index in [1.807, 2.05) is 36.4 Å². The molecule has 1 aliphatic rings. The average molecular weight is 483 g/mol. The van der Waals surface area contributed by atoms with E-state index in [1.54, 1.807) is 18.9 Å². The van der Waals surface area contributed by atoms with E-state index in [2.05, 4.69) is 26.3 Å². The van der Waals surface area contributed by atoms with Gasteiger partial charge in [-0.1, -0.05) is 34.8 Å². The molecule has 2 aromatic heterocycles. The highest BCUT2D eigenvalue weighted by Crippen LogP contribution is 2.36. The molecule has 7 nitrogen and oxygen atoms in total. The molecule has 4 aromatic rings. The summed E-state index contributed by atoms with van der Waals surface area (Å²) >= 11 is 3.49. The number of ether oxygens (including phenoxy) is 2. The standard InChI is InChI=1S/C23H23BrN4O3/c1-30-18-11-16-17(12-19(18)31-2)26-22(25-14-7-3-4-8-14)20-21(16)27-28(23(20)29)15-9-5-6-13(24)10-15/h5-6,9-12,14,27H,3-4,7-8H2,1-2H3,(H,25,26). The summed E-state index contributed by atoms with van der Waals surface area (Å²) < 4.78 is 13.4. The number of hydrogen-bond donors (Lipinski definition) is 2. The van der Waals surface area contributed by atoms with Crippen LogP contribution in [0.2, 0.25) is 0 Å². The highest BCUT2D eigenvalue weighted by molar-refractivity contribution is 9.10. The smallest absolute Gasteiger partial charge is 0.282 e. The van der Waals surface area contributed by atoms with Crippen LogP contribution in [0, 0.1) is 0 Å². The van der Waals surface area contributed by atoms with Gasteiger partial charge in [-0.25, -0.2) is 9.67 Å². The zero-order valence-electron chi connectivity index (χ0n) is 17.4. The number of aromatic amines is 1. The molecule has 160 valence electrons. The van der Waals surface area contributed by atoms with E-state index in [-0.39, 0.29) is 5.56 Å². The highest BCUT2D eigenvalue weighted by atomic mass is 79.9. The van der Waals surface area contributed by atoms with E-state index in [9.17, 15) is 4.79 Å². The molecule has 5 rings (SSSR count). The minimum atomic E-state index is -0.141. The number of nitrogens with zero attached hydrogens (tertiary/aromatic N) is 2. The van der Waals surface area contributed by atoms with E-state index in [4.69, 9.17) is 14.5 Å². The Labute approximate surface area is 187 Å². The molecule has 0 bridgehead atoms. The van der Waals surface area contributed by atoms with Crippen LogP contribution in [0.15, 0.2) is 45.7 Å². The Hall–Kier alpha value is -3.00. The summed E-state index contributed by atoms with van der Waals surface area (Å²) in [5.74, 6) is 1.80. The van der Waals surface area contributed by atoms with Crippen molar-refractivity contribution >= 4 is 43.6 Å². The normalized spacial score (nSPS) is 14.4. The van der Waals surface area contributed by atoms with Crippen LogP contribution in [0.4, 0.5) is 5.82 Å². The summed E-state index contributed by atoms with van der Waals surface area (Å²) in [5.41, 5.74) is 2.05. The van der Waals surface area contributed by atoms with Gasteiger partial charge < -0.3 is 14.8 Å². The number of pyridine rings is 1. The first-order valence-corrected chi connectivity index (χ1v) is 11.1. The van der Waals surface area contributed by atoms with E-state index in [0.717, 1.165) is 39.4 Å². The van der Waals surface area contributed by atoms with Crippen LogP contribution in [0.1, 0.15) is 25.7 Å². The zero-order valence-corrected chi connectivity index (χ0v) is 19.0. The van der Waals surface area contributed by atoms with Crippen molar-refractivity contribution in [3.8, 4) is 17.2 Å². The largest absolute Gasteiger partial charge is 0.493 e. The predicted molar refractivity (Wildman–Crippen MR) is 126 cm³/mol. The molecule has 1 fully saturated rings. The molecule has 2 N–H and O–H groups in total. The van der Waals surface area contributed by atoms with Crippen molar-refractivity contribution in [3.63, 3.8) is 0 Å². The van der Waals surface area contributed by atoms with Gasteiger partial charge in [-0.15, -0.1) is 0 Å². The van der Waals surface area contributed by atoms with E-state index < -0.39 is 0 Å². The molecule has 0 radical (unpaired) electrons. The zero-order chi connectivity index (χ0) is 21.5. The lowest BCUT2D eigenvalue weighted by molar-refractivity contribution is 0.356. The SMILES string of the molecule is COc1cc2nc(NC3CCCC3)c3c(=O)n(-c4cccc(Br)c4)[nH]c3c2cc1OC. The molecule has 0 unspecified atom stereocenters. The van der Waals surface area contributed by atoms with Crippen molar-refractivity contribution in [2.45, 2.75) is 31.7 Å². The third kappa shape index (κ3) is 3.44. The van der Waals surface area contributed by atoms with Crippen molar-refractivity contribution in [2.24, 2.45) is 0 Å². The lowest BCUT2D eigenvalue weighted by Gasteiger charge is -2.15. The van der Waals surface area contributed by atoms with Crippen LogP contribution in [0.3, 0.4) is 0 Å². The summed E-state index contributed by atoms with van der Waals surface area (Å²) in [5, 5.41) is 8.19. The van der Waals surface area contributed by atoms with Crippen molar-refractivity contribution in [3.05, 3.63) is 51.2 Å². The van der Waals surface area contributed by atoms with E-state index in [1.165, 1.54) is 12.8 Å². The second-order valence-corrected chi connectivity index (χ2v) is 8.71. The van der Waals surface area contributed by atoms with Crippen molar-refractivity contribution in [1.29, 1.82) is 0 Å². The molecule has 0 atom stereocenters. The maximum Gasteiger partial charge on any atom is 0.282 e. The number of fused-ring (bicyclic) bond motifs is 3. The van der Waals surface area contributed by atoms with Crippen LogP contribution < -0.4 is 20.3 Å². The third-order valence-corrected chi connectivity index (χ3v) is 6.39. The Balaban J connectivity index is 1.81. The number of halogens is 1. The average Bonchev–Trinajstić information content (AvgIpc) is 3.41. The van der Waals surface area contributed by atoms with E-state index in [0.29, 0.717) is 28.7 Å². The molecule has 2 heterocycles. The van der Waals surface area contributed by atoms with Crippen molar-refractivity contribution in [1.82, 2.24) is 14.8 Å². The van der Waals surface area contributed by atoms with Gasteiger partial charge in [0.05, 0.1) is 30.9 Å². The molecule has 31 heavy (non-hydrogen) atoms. The maximum absolute atomic E-state index is 13.5. The van der Waals surface area contributed by atoms with Gasteiger partial charge in [0.2, 0.25) is 0 Å². The van der Waals surface area contributed by atoms with Crippen LogP contribution in [0.5, 0.6) is 11.5 Å². The van der Waals surface area contributed by atoms with Crippen molar-refractivity contribution < 1.29 is 9.47 Å². The minimum Gasteiger partial charge on any atom is -0.493 e. The Morgan fingerprint density at radius 2 is 1.87 bits per heavy atom. The molecular weight excluding hydrogens is 460 g/mol. The quantitative estimate of drug-likeness (QED) is 0.418. The molecule has 1 saturated carbocycles. The van der Waals surface area contributed by atoms with Crippen LogP contribution in [0.25, 0.3) is 27.5 Å². The molecule has 0 spiro atoms. The minimum absolute atomic E-state index is 0.141. The number of methoxy groups -OCH3 is 2. The Morgan fingerprint density at radius 1 is 1.13 bits per heavy atom. The number of rotatable bonds is 5. The Morgan fingerprint density at radius 3 is 2.58 bits per heavy atom. The predicted octanol–water partition coefficient (Wildman–Crippen LogP) is 5.00. The summed E-state index contributed by atoms with van der Waals surface area (Å²) in [6, 6.07) is 11.7. The van der Waals surface area contributed by atoms with Crippen molar-refractivity contribution in [2.75, 3.05) is 19.5 Å². The van der Waals surface area contributed by atoms with Gasteiger partial charge >= 0.3 is 0 Å². The van der Waals surface area contributed by atoms with Gasteiger partial charge in [-0.3, -0.25) is 9.89 Å². The number of anilines is 1. The van der Waals surface area contributed by atoms with E-state index >= 15 is 0 Å². The van der Waals surface area contributed by atoms with Crippen LogP contribution >= 0.6 is 15.9 Å². The number of aromatic nitrogens is 3. The first kappa shape index (κ1) is 19.9. The van der Waals surface area contributed by atoms with Gasteiger partial charge in [0, 0.05) is 22.0 Å². The summed E-state index contributed by atoms with van der Waals surface area (Å²) in [6.07, 6.45) is 4.54. The Bertz CT molecular complexity index is 1340. The molecule has 1 aliphatic carbocycles. The van der Waals surface area contributed by atoms with Crippen LogP contribution in [-0.2, 0) is 0 Å². The molecule has 0 amide bonds. The summed E-state index contributed by atoms with van der Waals surface area (Å²) in [6.45, 7) is 0. The van der Waals surface area contributed by atoms with Gasteiger partial charge in [0.15, 0.2) is 11.5 Å². The summed E-state index contributed by atoms with van der Waals surface area (Å²) in [4.78, 5) is 18.4. The number of nitrogens with one attached hydrogen (secondary N) is 2. The van der Waals surface area contributed by atoms with Crippen LogP contribution in [-0.4, -0.2) is 35.0 Å². The fourth-order valence-corrected chi connectivity index (χ4v) is 4.74. The molecule has 0 aliphatic heterocycles. The first-order valence-electron chi connectivity index (χ1n) is 10.3. The fraction of sp³-hybridized carbons (Fsp3) is 0.304. The van der Waals surface area contributed by atoms with Gasteiger partial charge in [-0.05, 0) is 37.1 Å². The topological polar surface area (TPSA) is 81.2 Å². The number of H-pyrrole nitrogens is 1. The highest BCUT2D eigenvalue weighted by Gasteiger charge is 2.22.